The van der Waals surface area contributed by atoms with Gasteiger partial charge in [-0.3, -0.25) is 0 Å². The van der Waals surface area contributed by atoms with Crippen molar-refractivity contribution in [3.8, 4) is 0 Å². The fourth-order valence-corrected chi connectivity index (χ4v) is 4.92. The van der Waals surface area contributed by atoms with Crippen LogP contribution in [0.25, 0.3) is 0 Å². The Morgan fingerprint density at radius 1 is 0.652 bits per heavy atom. The first kappa shape index (κ1) is 39.0. The number of hydrogen-bond donors (Lipinski definition) is 9. The Morgan fingerprint density at radius 3 is 1.65 bits per heavy atom. The third-order valence-electron chi connectivity index (χ3n) is 7.63. The van der Waals surface area contributed by atoms with E-state index in [1.54, 1.807) is 0 Å². The molecule has 3 heterocycles. The van der Waals surface area contributed by atoms with Crippen LogP contribution in [-0.2, 0) is 47.4 Å². The maximum Gasteiger partial charge on any atom is 0.333 e. The highest BCUT2D eigenvalue weighted by Crippen LogP contribution is 2.29. The van der Waals surface area contributed by atoms with E-state index in [4.69, 9.17) is 42.6 Å². The van der Waals surface area contributed by atoms with Crippen LogP contribution in [0.1, 0.15) is 6.92 Å². The van der Waals surface area contributed by atoms with E-state index in [0.717, 1.165) is 0 Å². The zero-order chi connectivity index (χ0) is 34.3. The summed E-state index contributed by atoms with van der Waals surface area (Å²) >= 11 is 0. The fourth-order valence-electron chi connectivity index (χ4n) is 4.92. The summed E-state index contributed by atoms with van der Waals surface area (Å²) in [6.45, 7) is 2.56. The molecule has 3 aliphatic rings. The van der Waals surface area contributed by atoms with E-state index < -0.39 is 131 Å². The zero-order valence-electron chi connectivity index (χ0n) is 25.6. The van der Waals surface area contributed by atoms with Gasteiger partial charge in [0, 0.05) is 19.8 Å². The molecule has 0 aromatic carbocycles. The number of aliphatic hydroxyl groups is 9. The maximum atomic E-state index is 11.6. The molecular weight excluding hydrogens is 628 g/mol. The average Bonchev–Trinajstić information content (AvgIpc) is 3.03. The molecule has 0 amide bonds. The van der Waals surface area contributed by atoms with Gasteiger partial charge in [0.25, 0.3) is 0 Å². The molecule has 3 saturated heterocycles. The van der Waals surface area contributed by atoms with Crippen LogP contribution in [0.3, 0.4) is 0 Å². The molecule has 19 nitrogen and oxygen atoms in total. The molecule has 15 unspecified atom stereocenters. The lowest BCUT2D eigenvalue weighted by atomic mass is 9.97. The summed E-state index contributed by atoms with van der Waals surface area (Å²) in [5.41, 5.74) is 0.0970. The SMILES string of the molecule is C=C(C)C(=O)OCC(O)COC1C(O)C(COC2OC(COC)C(O)C(O)C2O)OC(OCC2OC(OC)C(O)C(O)C2O)[C@H]1O. The maximum absolute atomic E-state index is 11.6. The van der Waals surface area contributed by atoms with Gasteiger partial charge in [-0.25, -0.2) is 4.79 Å². The first-order chi connectivity index (χ1) is 21.7. The van der Waals surface area contributed by atoms with Crippen molar-refractivity contribution < 1.29 is 93.4 Å². The Bertz CT molecular complexity index is 954. The lowest BCUT2D eigenvalue weighted by Gasteiger charge is -2.45. The summed E-state index contributed by atoms with van der Waals surface area (Å²) in [6.07, 6.45) is -24.3. The van der Waals surface area contributed by atoms with Gasteiger partial charge in [-0.15, -0.1) is 0 Å². The number of carbonyl (C=O) groups is 1. The van der Waals surface area contributed by atoms with E-state index in [1.807, 2.05) is 0 Å². The summed E-state index contributed by atoms with van der Waals surface area (Å²) in [4.78, 5) is 11.6. The molecular formula is C27H46O19. The van der Waals surface area contributed by atoms with Crippen molar-refractivity contribution in [3.05, 3.63) is 12.2 Å². The zero-order valence-corrected chi connectivity index (χ0v) is 25.6. The Labute approximate surface area is 264 Å². The van der Waals surface area contributed by atoms with Crippen molar-refractivity contribution in [1.82, 2.24) is 0 Å². The molecule has 16 atom stereocenters. The minimum Gasteiger partial charge on any atom is -0.460 e. The molecule has 0 aliphatic carbocycles. The molecule has 0 saturated carbocycles. The molecule has 9 N–H and O–H groups in total. The summed E-state index contributed by atoms with van der Waals surface area (Å²) < 4.78 is 48.2. The Kier molecular flexibility index (Phi) is 15.1. The van der Waals surface area contributed by atoms with Gasteiger partial charge in [0.15, 0.2) is 18.9 Å². The molecule has 19 heteroatoms. The predicted molar refractivity (Wildman–Crippen MR) is 146 cm³/mol. The molecule has 268 valence electrons. The summed E-state index contributed by atoms with van der Waals surface area (Å²) in [5.74, 6) is -0.756. The second kappa shape index (κ2) is 17.8. The van der Waals surface area contributed by atoms with Crippen molar-refractivity contribution in [3.63, 3.8) is 0 Å². The van der Waals surface area contributed by atoms with Crippen LogP contribution in [0.5, 0.6) is 0 Å². The monoisotopic (exact) mass is 674 g/mol. The minimum absolute atomic E-state index is 0.0970. The van der Waals surface area contributed by atoms with Crippen molar-refractivity contribution in [2.45, 2.75) is 105 Å². The van der Waals surface area contributed by atoms with Crippen LogP contribution in [0, 0.1) is 0 Å². The van der Waals surface area contributed by atoms with E-state index in [-0.39, 0.29) is 12.2 Å². The first-order valence-electron chi connectivity index (χ1n) is 14.5. The van der Waals surface area contributed by atoms with Crippen molar-refractivity contribution in [2.75, 3.05) is 47.3 Å². The van der Waals surface area contributed by atoms with Crippen molar-refractivity contribution in [1.29, 1.82) is 0 Å². The molecule has 0 radical (unpaired) electrons. The second-order valence-electron chi connectivity index (χ2n) is 11.2. The number of methoxy groups -OCH3 is 2. The van der Waals surface area contributed by atoms with Gasteiger partial charge in [0.2, 0.25) is 0 Å². The number of ether oxygens (including phenoxy) is 9. The van der Waals surface area contributed by atoms with Crippen LogP contribution in [0.4, 0.5) is 0 Å². The predicted octanol–water partition coefficient (Wildman–Crippen LogP) is -5.76. The molecule has 0 bridgehead atoms. The summed E-state index contributed by atoms with van der Waals surface area (Å²) in [6, 6.07) is 0. The number of rotatable bonds is 15. The summed E-state index contributed by atoms with van der Waals surface area (Å²) in [5, 5.41) is 93.6. The van der Waals surface area contributed by atoms with E-state index in [1.165, 1.54) is 21.1 Å². The van der Waals surface area contributed by atoms with Gasteiger partial charge in [0.05, 0.1) is 26.4 Å². The molecule has 3 rings (SSSR count). The highest BCUT2D eigenvalue weighted by atomic mass is 16.7. The van der Waals surface area contributed by atoms with Gasteiger partial charge >= 0.3 is 5.97 Å². The van der Waals surface area contributed by atoms with Crippen LogP contribution < -0.4 is 0 Å². The van der Waals surface area contributed by atoms with Crippen LogP contribution in [0.2, 0.25) is 0 Å². The van der Waals surface area contributed by atoms with E-state index in [9.17, 15) is 50.8 Å². The van der Waals surface area contributed by atoms with Gasteiger partial charge < -0.3 is 88.6 Å². The minimum atomic E-state index is -1.74. The molecule has 0 spiro atoms. The highest BCUT2D eigenvalue weighted by molar-refractivity contribution is 5.86. The van der Waals surface area contributed by atoms with Crippen LogP contribution >= 0.6 is 0 Å². The van der Waals surface area contributed by atoms with E-state index in [0.29, 0.717) is 0 Å². The number of carbonyl (C=O) groups excluding carboxylic acids is 1. The van der Waals surface area contributed by atoms with Crippen molar-refractivity contribution >= 4 is 5.97 Å². The molecule has 0 aromatic rings. The van der Waals surface area contributed by atoms with Crippen LogP contribution in [0.15, 0.2) is 12.2 Å². The van der Waals surface area contributed by atoms with Gasteiger partial charge in [-0.2, -0.15) is 0 Å². The van der Waals surface area contributed by atoms with Gasteiger partial charge in [0.1, 0.15) is 86.0 Å². The fraction of sp³-hybridized carbons (Fsp3) is 0.889. The smallest absolute Gasteiger partial charge is 0.333 e. The van der Waals surface area contributed by atoms with Crippen molar-refractivity contribution in [2.24, 2.45) is 0 Å². The third-order valence-corrected chi connectivity index (χ3v) is 7.63. The van der Waals surface area contributed by atoms with Gasteiger partial charge in [-0.05, 0) is 6.92 Å². The first-order valence-corrected chi connectivity index (χ1v) is 14.5. The topological polar surface area (TPSA) is 282 Å². The Balaban J connectivity index is 1.71. The molecule has 0 aromatic heterocycles. The second-order valence-corrected chi connectivity index (χ2v) is 11.2. The lowest BCUT2D eigenvalue weighted by molar-refractivity contribution is -0.344. The third kappa shape index (κ3) is 9.57. The highest BCUT2D eigenvalue weighted by Gasteiger charge is 2.50. The number of aliphatic hydroxyl groups excluding tert-OH is 9. The normalized spacial score (nSPS) is 42.4. The summed E-state index contributed by atoms with van der Waals surface area (Å²) in [7, 11) is 2.54. The van der Waals surface area contributed by atoms with Crippen LogP contribution in [-0.4, -0.2) is 197 Å². The standard InChI is InChI=1S/C27H46O19/c1-10(2)24(37)41-6-11(28)5-40-23-17(31)14(9-42-26-21(35)19(33)15(29)12(45-26)7-38-3)46-27(22(23)36)43-8-13-16(30)18(32)20(34)25(39-4)44-13/h11-23,25-36H,1,5-9H2,2-4H3/t11?,12?,13?,14?,15?,16?,17?,18?,19?,20?,21?,22-,23?,25?,26?,27?/m0/s1. The number of hydrogen-bond acceptors (Lipinski definition) is 19. The quantitative estimate of drug-likeness (QED) is 0.0578. The van der Waals surface area contributed by atoms with E-state index >= 15 is 0 Å². The largest absolute Gasteiger partial charge is 0.460 e. The Morgan fingerprint density at radius 2 is 1.13 bits per heavy atom. The molecule has 3 aliphatic heterocycles. The number of esters is 1. The van der Waals surface area contributed by atoms with Gasteiger partial charge in [-0.1, -0.05) is 6.58 Å². The molecule has 46 heavy (non-hydrogen) atoms. The average molecular weight is 675 g/mol. The molecule has 3 fully saturated rings. The lowest BCUT2D eigenvalue weighted by Crippen LogP contribution is -2.63. The van der Waals surface area contributed by atoms with E-state index in [2.05, 4.69) is 6.58 Å². The Hall–Kier alpha value is -1.47.